The molecule has 6 heteroatoms. The van der Waals surface area contributed by atoms with Crippen LogP contribution in [0.2, 0.25) is 0 Å². The van der Waals surface area contributed by atoms with Crippen LogP contribution in [0.3, 0.4) is 0 Å². The van der Waals surface area contributed by atoms with E-state index < -0.39 is 5.97 Å². The van der Waals surface area contributed by atoms with E-state index in [9.17, 15) is 9.59 Å². The van der Waals surface area contributed by atoms with Crippen LogP contribution in [0.5, 0.6) is 0 Å². The number of pyridine rings is 1. The van der Waals surface area contributed by atoms with Crippen molar-refractivity contribution in [3.8, 4) is 0 Å². The Bertz CT molecular complexity index is 539. The first-order valence-corrected chi connectivity index (χ1v) is 7.14. The minimum absolute atomic E-state index is 0.0870. The first-order chi connectivity index (χ1) is 10.0. The van der Waals surface area contributed by atoms with Gasteiger partial charge in [-0.05, 0) is 38.8 Å². The maximum absolute atomic E-state index is 12.2. The van der Waals surface area contributed by atoms with E-state index in [1.807, 2.05) is 11.8 Å². The molecule has 21 heavy (non-hydrogen) atoms. The lowest BCUT2D eigenvalue weighted by atomic mass is 10.2. The minimum Gasteiger partial charge on any atom is -0.465 e. The number of likely N-dealkylation sites (tertiary alicyclic amines) is 1. The van der Waals surface area contributed by atoms with Crippen LogP contribution in [0.4, 0.5) is 5.82 Å². The lowest BCUT2D eigenvalue weighted by molar-refractivity contribution is -0.130. The van der Waals surface area contributed by atoms with Gasteiger partial charge < -0.3 is 15.0 Å². The van der Waals surface area contributed by atoms with E-state index in [1.165, 1.54) is 7.11 Å². The predicted molar refractivity (Wildman–Crippen MR) is 79.2 cm³/mol. The standard InChI is InChI=1S/C15H21N3O3/c1-10-12(15(20)21-3)6-7-13(16-10)17-11(2)14(19)18-8-4-5-9-18/h6-7,11H,4-5,8-9H2,1-3H3,(H,16,17). The number of amides is 1. The lowest BCUT2D eigenvalue weighted by Gasteiger charge is -2.21. The highest BCUT2D eigenvalue weighted by molar-refractivity contribution is 5.90. The minimum atomic E-state index is -0.409. The lowest BCUT2D eigenvalue weighted by Crippen LogP contribution is -2.39. The molecule has 1 N–H and O–H groups in total. The summed E-state index contributed by atoms with van der Waals surface area (Å²) in [5.41, 5.74) is 1.01. The topological polar surface area (TPSA) is 71.5 Å². The largest absolute Gasteiger partial charge is 0.465 e. The number of hydrogen-bond donors (Lipinski definition) is 1. The molecule has 0 radical (unpaired) electrons. The number of nitrogens with zero attached hydrogens (tertiary/aromatic N) is 2. The zero-order valence-corrected chi connectivity index (χ0v) is 12.7. The molecular weight excluding hydrogens is 270 g/mol. The van der Waals surface area contributed by atoms with E-state index in [0.717, 1.165) is 25.9 Å². The summed E-state index contributed by atoms with van der Waals surface area (Å²) in [6.45, 7) is 5.23. The van der Waals surface area contributed by atoms with Gasteiger partial charge in [0.25, 0.3) is 0 Å². The van der Waals surface area contributed by atoms with E-state index >= 15 is 0 Å². The first-order valence-electron chi connectivity index (χ1n) is 7.14. The highest BCUT2D eigenvalue weighted by Gasteiger charge is 2.23. The van der Waals surface area contributed by atoms with Crippen molar-refractivity contribution < 1.29 is 14.3 Å². The number of nitrogens with one attached hydrogen (secondary N) is 1. The fourth-order valence-electron chi connectivity index (χ4n) is 2.46. The van der Waals surface area contributed by atoms with E-state index in [0.29, 0.717) is 17.1 Å². The molecule has 2 heterocycles. The summed E-state index contributed by atoms with van der Waals surface area (Å²) in [7, 11) is 1.34. The van der Waals surface area contributed by atoms with Crippen LogP contribution in [0.1, 0.15) is 35.8 Å². The number of carbonyl (C=O) groups excluding carboxylic acids is 2. The zero-order valence-electron chi connectivity index (χ0n) is 12.7. The third-order valence-electron chi connectivity index (χ3n) is 3.64. The summed E-state index contributed by atoms with van der Waals surface area (Å²) < 4.78 is 4.68. The Morgan fingerprint density at radius 2 is 2.00 bits per heavy atom. The van der Waals surface area contributed by atoms with Gasteiger partial charge in [-0.25, -0.2) is 9.78 Å². The van der Waals surface area contributed by atoms with Crippen molar-refractivity contribution in [2.45, 2.75) is 32.7 Å². The van der Waals surface area contributed by atoms with Crippen LogP contribution in [-0.2, 0) is 9.53 Å². The Labute approximate surface area is 124 Å². The number of aromatic nitrogens is 1. The Balaban J connectivity index is 2.04. The maximum atomic E-state index is 12.2. The molecule has 1 aromatic rings. The quantitative estimate of drug-likeness (QED) is 0.853. The second-order valence-corrected chi connectivity index (χ2v) is 5.22. The van der Waals surface area contributed by atoms with Crippen molar-refractivity contribution in [3.05, 3.63) is 23.4 Å². The SMILES string of the molecule is COC(=O)c1ccc(NC(C)C(=O)N2CCCC2)nc1C. The molecule has 0 bridgehead atoms. The normalized spacial score (nSPS) is 15.7. The fourth-order valence-corrected chi connectivity index (χ4v) is 2.46. The highest BCUT2D eigenvalue weighted by Crippen LogP contribution is 2.14. The summed E-state index contributed by atoms with van der Waals surface area (Å²) in [5, 5.41) is 3.09. The van der Waals surface area contributed by atoms with E-state index in [-0.39, 0.29) is 11.9 Å². The van der Waals surface area contributed by atoms with Gasteiger partial charge in [-0.1, -0.05) is 0 Å². The number of hydrogen-bond acceptors (Lipinski definition) is 5. The summed E-state index contributed by atoms with van der Waals surface area (Å²) in [6, 6.07) is 3.01. The van der Waals surface area contributed by atoms with Crippen LogP contribution < -0.4 is 5.32 Å². The van der Waals surface area contributed by atoms with Gasteiger partial charge in [0.1, 0.15) is 11.9 Å². The van der Waals surface area contributed by atoms with Crippen LogP contribution >= 0.6 is 0 Å². The second kappa shape index (κ2) is 6.56. The van der Waals surface area contributed by atoms with Crippen LogP contribution in [0.25, 0.3) is 0 Å². The molecule has 1 atom stereocenters. The van der Waals surface area contributed by atoms with Gasteiger partial charge in [0.15, 0.2) is 0 Å². The smallest absolute Gasteiger partial charge is 0.339 e. The first kappa shape index (κ1) is 15.3. The van der Waals surface area contributed by atoms with Crippen molar-refractivity contribution >= 4 is 17.7 Å². The Morgan fingerprint density at radius 1 is 1.33 bits per heavy atom. The van der Waals surface area contributed by atoms with E-state index in [4.69, 9.17) is 0 Å². The molecule has 0 aromatic carbocycles. The van der Waals surface area contributed by atoms with Crippen LogP contribution in [0, 0.1) is 6.92 Å². The average molecular weight is 291 g/mol. The molecule has 1 fully saturated rings. The van der Waals surface area contributed by atoms with Crippen molar-refractivity contribution in [1.29, 1.82) is 0 Å². The number of carbonyl (C=O) groups is 2. The Morgan fingerprint density at radius 3 is 2.57 bits per heavy atom. The van der Waals surface area contributed by atoms with Crippen molar-refractivity contribution in [2.24, 2.45) is 0 Å². The Kier molecular flexibility index (Phi) is 4.77. The van der Waals surface area contributed by atoms with Gasteiger partial charge in [0.2, 0.25) is 5.91 Å². The molecule has 1 aromatic heterocycles. The predicted octanol–water partition coefficient (Wildman–Crippen LogP) is 1.60. The molecule has 114 valence electrons. The molecule has 2 rings (SSSR count). The van der Waals surface area contributed by atoms with Gasteiger partial charge in [-0.15, -0.1) is 0 Å². The van der Waals surface area contributed by atoms with Crippen LogP contribution in [0.15, 0.2) is 12.1 Å². The molecule has 1 saturated heterocycles. The number of anilines is 1. The fraction of sp³-hybridized carbons (Fsp3) is 0.533. The molecule has 0 aliphatic carbocycles. The molecular formula is C15H21N3O3. The van der Waals surface area contributed by atoms with Crippen molar-refractivity contribution in [2.75, 3.05) is 25.5 Å². The molecule has 0 spiro atoms. The summed E-state index contributed by atoms with van der Waals surface area (Å²) in [6.07, 6.45) is 2.15. The van der Waals surface area contributed by atoms with Gasteiger partial charge in [0, 0.05) is 13.1 Å². The number of ether oxygens (including phenoxy) is 1. The molecule has 1 unspecified atom stereocenters. The molecule has 1 amide bonds. The number of aryl methyl sites for hydroxylation is 1. The number of esters is 1. The van der Waals surface area contributed by atoms with Gasteiger partial charge in [-0.3, -0.25) is 4.79 Å². The van der Waals surface area contributed by atoms with E-state index in [1.54, 1.807) is 19.1 Å². The molecule has 1 aliphatic heterocycles. The third-order valence-corrected chi connectivity index (χ3v) is 3.64. The summed E-state index contributed by atoms with van der Waals surface area (Å²) in [5.74, 6) is 0.261. The number of methoxy groups -OCH3 is 1. The zero-order chi connectivity index (χ0) is 15.4. The van der Waals surface area contributed by atoms with Gasteiger partial charge in [-0.2, -0.15) is 0 Å². The maximum Gasteiger partial charge on any atom is 0.339 e. The summed E-state index contributed by atoms with van der Waals surface area (Å²) in [4.78, 5) is 29.9. The highest BCUT2D eigenvalue weighted by atomic mass is 16.5. The second-order valence-electron chi connectivity index (χ2n) is 5.22. The van der Waals surface area contributed by atoms with Crippen molar-refractivity contribution in [3.63, 3.8) is 0 Å². The number of rotatable bonds is 4. The molecule has 6 nitrogen and oxygen atoms in total. The van der Waals surface area contributed by atoms with Crippen LogP contribution in [-0.4, -0.2) is 48.0 Å². The monoisotopic (exact) mass is 291 g/mol. The Hall–Kier alpha value is -2.11. The summed E-state index contributed by atoms with van der Waals surface area (Å²) >= 11 is 0. The molecule has 1 aliphatic rings. The third kappa shape index (κ3) is 3.51. The van der Waals surface area contributed by atoms with Gasteiger partial charge >= 0.3 is 5.97 Å². The van der Waals surface area contributed by atoms with Gasteiger partial charge in [0.05, 0.1) is 18.4 Å². The van der Waals surface area contributed by atoms with E-state index in [2.05, 4.69) is 15.0 Å². The van der Waals surface area contributed by atoms with Crippen molar-refractivity contribution in [1.82, 2.24) is 9.88 Å². The average Bonchev–Trinajstić information content (AvgIpc) is 3.00. The molecule has 0 saturated carbocycles.